The monoisotopic (exact) mass is 456 g/mol. The Hall–Kier alpha value is -1.64. The smallest absolute Gasteiger partial charge is 0.253 e. The van der Waals surface area contributed by atoms with Gasteiger partial charge in [-0.3, -0.25) is 4.79 Å². The molecule has 156 valence electrons. The molecule has 2 saturated carbocycles. The number of aromatic nitrogens is 3. The quantitative estimate of drug-likeness (QED) is 0.654. The number of halogens is 2. The Bertz CT molecular complexity index is 1050. The summed E-state index contributed by atoms with van der Waals surface area (Å²) in [6.07, 6.45) is 4.71. The second-order valence-electron chi connectivity index (χ2n) is 7.95. The SMILES string of the molecule is Cn1c(C(CC2CC2)NC(=O)c2ccc(Cl)cc2Cl)nnc1S(=O)(=O)CC1CC1. The average Bonchev–Trinajstić information content (AvgIpc) is 3.55. The molecule has 1 amide bonds. The summed E-state index contributed by atoms with van der Waals surface area (Å²) in [6, 6.07) is 4.22. The molecule has 10 heteroatoms. The Kier molecular flexibility index (Phi) is 5.61. The average molecular weight is 457 g/mol. The second-order valence-corrected chi connectivity index (χ2v) is 10.7. The van der Waals surface area contributed by atoms with Crippen molar-refractivity contribution in [1.82, 2.24) is 20.1 Å². The zero-order valence-electron chi connectivity index (χ0n) is 15.9. The fourth-order valence-corrected chi connectivity index (χ4v) is 5.67. The first-order valence-corrected chi connectivity index (χ1v) is 12.0. The van der Waals surface area contributed by atoms with Gasteiger partial charge in [-0.25, -0.2) is 8.42 Å². The summed E-state index contributed by atoms with van der Waals surface area (Å²) >= 11 is 12.1. The molecular weight excluding hydrogens is 435 g/mol. The minimum atomic E-state index is -3.50. The normalized spacial score (nSPS) is 17.9. The molecule has 0 radical (unpaired) electrons. The highest BCUT2D eigenvalue weighted by atomic mass is 35.5. The molecule has 0 aliphatic heterocycles. The Labute approximate surface area is 179 Å². The van der Waals surface area contributed by atoms with Crippen LogP contribution < -0.4 is 5.32 Å². The van der Waals surface area contributed by atoms with E-state index in [1.165, 1.54) is 10.6 Å². The minimum Gasteiger partial charge on any atom is -0.342 e. The van der Waals surface area contributed by atoms with Crippen LogP contribution in [-0.2, 0) is 16.9 Å². The molecule has 1 N–H and O–H groups in total. The number of nitrogens with zero attached hydrogens (tertiary/aromatic N) is 3. The number of nitrogens with one attached hydrogen (secondary N) is 1. The van der Waals surface area contributed by atoms with Gasteiger partial charge in [-0.05, 0) is 49.3 Å². The first-order valence-electron chi connectivity index (χ1n) is 9.62. The summed E-state index contributed by atoms with van der Waals surface area (Å²) in [5.74, 6) is 0.865. The molecule has 2 fully saturated rings. The van der Waals surface area contributed by atoms with E-state index in [0.29, 0.717) is 28.7 Å². The maximum absolute atomic E-state index is 12.8. The van der Waals surface area contributed by atoms with Gasteiger partial charge in [-0.2, -0.15) is 0 Å². The lowest BCUT2D eigenvalue weighted by atomic mass is 10.1. The number of hydrogen-bond donors (Lipinski definition) is 1. The fraction of sp³-hybridized carbons (Fsp3) is 0.526. The molecule has 1 aromatic carbocycles. The molecule has 0 saturated heterocycles. The van der Waals surface area contributed by atoms with Crippen LogP contribution >= 0.6 is 23.2 Å². The highest BCUT2D eigenvalue weighted by molar-refractivity contribution is 7.91. The number of hydrogen-bond acceptors (Lipinski definition) is 5. The molecule has 1 aromatic heterocycles. The van der Waals surface area contributed by atoms with Crippen LogP contribution in [0.25, 0.3) is 0 Å². The van der Waals surface area contributed by atoms with Crippen LogP contribution in [0.1, 0.15) is 54.3 Å². The van der Waals surface area contributed by atoms with E-state index >= 15 is 0 Å². The third kappa shape index (κ3) is 4.75. The Morgan fingerprint density at radius 2 is 1.90 bits per heavy atom. The molecule has 0 spiro atoms. The van der Waals surface area contributed by atoms with Gasteiger partial charge in [-0.1, -0.05) is 36.0 Å². The lowest BCUT2D eigenvalue weighted by molar-refractivity contribution is 0.0931. The third-order valence-corrected chi connectivity index (χ3v) is 7.73. The Morgan fingerprint density at radius 3 is 2.52 bits per heavy atom. The van der Waals surface area contributed by atoms with Crippen LogP contribution in [0.4, 0.5) is 0 Å². The highest BCUT2D eigenvalue weighted by Crippen LogP contribution is 2.38. The van der Waals surface area contributed by atoms with Crippen molar-refractivity contribution in [3.63, 3.8) is 0 Å². The number of rotatable bonds is 8. The minimum absolute atomic E-state index is 0.0426. The van der Waals surface area contributed by atoms with E-state index in [9.17, 15) is 13.2 Å². The molecule has 4 rings (SSSR count). The number of amides is 1. The van der Waals surface area contributed by atoms with Gasteiger partial charge in [0.05, 0.1) is 22.4 Å². The predicted molar refractivity (Wildman–Crippen MR) is 110 cm³/mol. The van der Waals surface area contributed by atoms with Gasteiger partial charge in [-0.15, -0.1) is 10.2 Å². The zero-order valence-corrected chi connectivity index (χ0v) is 18.3. The first kappa shape index (κ1) is 20.6. The first-order chi connectivity index (χ1) is 13.7. The van der Waals surface area contributed by atoms with Gasteiger partial charge < -0.3 is 9.88 Å². The highest BCUT2D eigenvalue weighted by Gasteiger charge is 2.35. The summed E-state index contributed by atoms with van der Waals surface area (Å²) in [5, 5.41) is 11.7. The molecule has 2 aliphatic rings. The molecular formula is C19H22Cl2N4O3S. The maximum Gasteiger partial charge on any atom is 0.253 e. The number of carbonyl (C=O) groups is 1. The van der Waals surface area contributed by atoms with Crippen molar-refractivity contribution in [2.45, 2.75) is 43.3 Å². The molecule has 2 aromatic rings. The zero-order chi connectivity index (χ0) is 20.8. The van der Waals surface area contributed by atoms with Crippen molar-refractivity contribution in [3.05, 3.63) is 39.6 Å². The van der Waals surface area contributed by atoms with Crippen LogP contribution in [0.15, 0.2) is 23.4 Å². The molecule has 1 heterocycles. The summed E-state index contributed by atoms with van der Waals surface area (Å²) in [6.45, 7) is 0. The third-order valence-electron chi connectivity index (χ3n) is 5.36. The molecule has 1 unspecified atom stereocenters. The van der Waals surface area contributed by atoms with Gasteiger partial charge in [0.15, 0.2) is 5.82 Å². The van der Waals surface area contributed by atoms with E-state index in [2.05, 4.69) is 15.5 Å². The van der Waals surface area contributed by atoms with Gasteiger partial charge in [0.25, 0.3) is 5.91 Å². The Balaban J connectivity index is 1.59. The predicted octanol–water partition coefficient (Wildman–Crippen LogP) is 3.58. The van der Waals surface area contributed by atoms with Crippen LogP contribution in [-0.4, -0.2) is 34.8 Å². The van der Waals surface area contributed by atoms with Gasteiger partial charge in [0.1, 0.15) is 0 Å². The van der Waals surface area contributed by atoms with Crippen molar-refractivity contribution in [3.8, 4) is 0 Å². The van der Waals surface area contributed by atoms with Crippen LogP contribution in [0.2, 0.25) is 10.0 Å². The number of benzene rings is 1. The number of carbonyl (C=O) groups excluding carboxylic acids is 1. The van der Waals surface area contributed by atoms with E-state index in [1.807, 2.05) is 0 Å². The van der Waals surface area contributed by atoms with Gasteiger partial charge in [0.2, 0.25) is 15.0 Å². The summed E-state index contributed by atoms with van der Waals surface area (Å²) < 4.78 is 26.8. The van der Waals surface area contributed by atoms with E-state index in [0.717, 1.165) is 25.7 Å². The van der Waals surface area contributed by atoms with Gasteiger partial charge >= 0.3 is 0 Å². The lowest BCUT2D eigenvalue weighted by Gasteiger charge is -2.18. The fourth-order valence-electron chi connectivity index (χ4n) is 3.40. The molecule has 7 nitrogen and oxygen atoms in total. The lowest BCUT2D eigenvalue weighted by Crippen LogP contribution is -2.31. The maximum atomic E-state index is 12.8. The topological polar surface area (TPSA) is 93.9 Å². The van der Waals surface area contributed by atoms with E-state index in [4.69, 9.17) is 23.2 Å². The van der Waals surface area contributed by atoms with Crippen LogP contribution in [0, 0.1) is 11.8 Å². The van der Waals surface area contributed by atoms with Crippen molar-refractivity contribution >= 4 is 38.9 Å². The summed E-state index contributed by atoms with van der Waals surface area (Å²) in [5.41, 5.74) is 0.306. The van der Waals surface area contributed by atoms with Crippen molar-refractivity contribution < 1.29 is 13.2 Å². The second kappa shape index (κ2) is 7.89. The molecule has 29 heavy (non-hydrogen) atoms. The van der Waals surface area contributed by atoms with Crippen LogP contribution in [0.3, 0.4) is 0 Å². The van der Waals surface area contributed by atoms with Crippen LogP contribution in [0.5, 0.6) is 0 Å². The Morgan fingerprint density at radius 1 is 1.21 bits per heavy atom. The number of sulfone groups is 1. The van der Waals surface area contributed by atoms with Gasteiger partial charge in [0, 0.05) is 12.1 Å². The van der Waals surface area contributed by atoms with E-state index in [-0.39, 0.29) is 27.8 Å². The van der Waals surface area contributed by atoms with Crippen molar-refractivity contribution in [2.75, 3.05) is 5.75 Å². The molecule has 2 aliphatic carbocycles. The van der Waals surface area contributed by atoms with E-state index in [1.54, 1.807) is 19.2 Å². The molecule has 1 atom stereocenters. The summed E-state index contributed by atoms with van der Waals surface area (Å²) in [7, 11) is -1.87. The van der Waals surface area contributed by atoms with E-state index < -0.39 is 15.9 Å². The standard InChI is InChI=1S/C19H22Cl2N4O3S/c1-25-17(23-24-19(25)29(27,28)10-12-4-5-12)16(8-11-2-3-11)22-18(26)14-7-6-13(20)9-15(14)21/h6-7,9,11-12,16H,2-5,8,10H2,1H3,(H,22,26). The van der Waals surface area contributed by atoms with Crippen molar-refractivity contribution in [1.29, 1.82) is 0 Å². The summed E-state index contributed by atoms with van der Waals surface area (Å²) in [4.78, 5) is 12.8. The van der Waals surface area contributed by atoms with Crippen molar-refractivity contribution in [2.24, 2.45) is 18.9 Å². The largest absolute Gasteiger partial charge is 0.342 e. The molecule has 0 bridgehead atoms.